The van der Waals surface area contributed by atoms with Crippen LogP contribution in [0.5, 0.6) is 0 Å². The zero-order valence-corrected chi connectivity index (χ0v) is 19.8. The van der Waals surface area contributed by atoms with Gasteiger partial charge < -0.3 is 0 Å². The van der Waals surface area contributed by atoms with E-state index in [2.05, 4.69) is 6.92 Å². The van der Waals surface area contributed by atoms with E-state index in [4.69, 9.17) is 0 Å². The number of alkyl halides is 3. The van der Waals surface area contributed by atoms with E-state index in [0.29, 0.717) is 36.7 Å². The first-order valence-electron chi connectivity index (χ1n) is 12.9. The normalized spacial score (nSPS) is 25.5. The number of unbranched alkanes of at least 4 members (excludes halogenated alkanes) is 4. The Morgan fingerprint density at radius 2 is 1.53 bits per heavy atom. The molecule has 0 amide bonds. The van der Waals surface area contributed by atoms with Gasteiger partial charge in [0, 0.05) is 6.07 Å². The maximum Gasteiger partial charge on any atom is 0.419 e. The molecule has 0 saturated heterocycles. The van der Waals surface area contributed by atoms with E-state index in [1.807, 2.05) is 0 Å². The zero-order chi connectivity index (χ0) is 24.5. The Bertz CT molecular complexity index is 995. The van der Waals surface area contributed by atoms with Crippen molar-refractivity contribution in [1.82, 2.24) is 0 Å². The van der Waals surface area contributed by atoms with Gasteiger partial charge in [0.2, 0.25) is 0 Å². The summed E-state index contributed by atoms with van der Waals surface area (Å²) < 4.78 is 84.9. The van der Waals surface area contributed by atoms with Crippen LogP contribution in [0.25, 0.3) is 10.8 Å². The predicted molar refractivity (Wildman–Crippen MR) is 123 cm³/mol. The van der Waals surface area contributed by atoms with Gasteiger partial charge in [0.15, 0.2) is 0 Å². The van der Waals surface area contributed by atoms with Gasteiger partial charge in [-0.1, -0.05) is 51.9 Å². The van der Waals surface area contributed by atoms with Crippen molar-refractivity contribution in [3.8, 4) is 0 Å². The minimum Gasteiger partial charge on any atom is -0.207 e. The quantitative estimate of drug-likeness (QED) is 0.271. The van der Waals surface area contributed by atoms with Crippen LogP contribution in [0.2, 0.25) is 0 Å². The Balaban J connectivity index is 1.52. The van der Waals surface area contributed by atoms with E-state index < -0.39 is 40.5 Å². The monoisotopic (exact) mass is 484 g/mol. The maximum atomic E-state index is 15.1. The van der Waals surface area contributed by atoms with Crippen LogP contribution in [0.15, 0.2) is 18.2 Å². The van der Waals surface area contributed by atoms with Gasteiger partial charge in [-0.25, -0.2) is 13.2 Å². The number of benzene rings is 2. The van der Waals surface area contributed by atoms with Crippen molar-refractivity contribution >= 4 is 10.8 Å². The van der Waals surface area contributed by atoms with Gasteiger partial charge in [-0.2, -0.15) is 13.2 Å². The van der Waals surface area contributed by atoms with E-state index >= 15 is 4.39 Å². The molecule has 6 heteroatoms. The summed E-state index contributed by atoms with van der Waals surface area (Å²) >= 11 is 0. The Morgan fingerprint density at radius 1 is 0.824 bits per heavy atom. The molecule has 0 spiro atoms. The molecule has 0 aliphatic heterocycles. The summed E-state index contributed by atoms with van der Waals surface area (Å²) in [5, 5.41) is -0.933. The largest absolute Gasteiger partial charge is 0.419 e. The molecule has 0 radical (unpaired) electrons. The highest BCUT2D eigenvalue weighted by Gasteiger charge is 2.43. The molecule has 34 heavy (non-hydrogen) atoms. The molecule has 4 atom stereocenters. The SMILES string of the molecule is CCCCCCC[C@@H]1CC[C@@H]2CC(c3cc4cc(F)cc(F)c4c(F)c3C(F)(F)F)CCC2C1. The van der Waals surface area contributed by atoms with E-state index in [1.165, 1.54) is 44.6 Å². The summed E-state index contributed by atoms with van der Waals surface area (Å²) in [6.07, 6.45) is 7.83. The van der Waals surface area contributed by atoms with Crippen molar-refractivity contribution in [3.63, 3.8) is 0 Å². The van der Waals surface area contributed by atoms with Gasteiger partial charge in [0.1, 0.15) is 17.5 Å². The lowest BCUT2D eigenvalue weighted by Gasteiger charge is -2.43. The van der Waals surface area contributed by atoms with Crippen LogP contribution in [0.3, 0.4) is 0 Å². The summed E-state index contributed by atoms with van der Waals surface area (Å²) in [5.41, 5.74) is -1.52. The Labute approximate surface area is 198 Å². The lowest BCUT2D eigenvalue weighted by atomic mass is 9.63. The fourth-order valence-corrected chi connectivity index (χ4v) is 6.61. The fraction of sp³-hybridized carbons (Fsp3) is 0.643. The minimum atomic E-state index is -4.94. The van der Waals surface area contributed by atoms with E-state index in [-0.39, 0.29) is 10.9 Å². The van der Waals surface area contributed by atoms with Gasteiger partial charge in [-0.3, -0.25) is 0 Å². The summed E-state index contributed by atoms with van der Waals surface area (Å²) in [6, 6.07) is 2.53. The first-order valence-corrected chi connectivity index (χ1v) is 12.9. The van der Waals surface area contributed by atoms with Crippen molar-refractivity contribution in [2.45, 2.75) is 96.1 Å². The molecule has 0 N–H and O–H groups in total. The Hall–Kier alpha value is -1.72. The third-order valence-electron chi connectivity index (χ3n) is 8.29. The highest BCUT2D eigenvalue weighted by atomic mass is 19.4. The first kappa shape index (κ1) is 25.4. The van der Waals surface area contributed by atoms with E-state index in [1.54, 1.807) is 0 Å². The van der Waals surface area contributed by atoms with Crippen LogP contribution in [-0.2, 0) is 6.18 Å². The average molecular weight is 485 g/mol. The molecule has 2 aliphatic carbocycles. The number of halogens is 6. The topological polar surface area (TPSA) is 0 Å². The summed E-state index contributed by atoms with van der Waals surface area (Å²) in [4.78, 5) is 0. The van der Waals surface area contributed by atoms with Crippen LogP contribution in [0.1, 0.15) is 101 Å². The molecule has 4 rings (SSSR count). The number of rotatable bonds is 7. The van der Waals surface area contributed by atoms with Crippen molar-refractivity contribution in [3.05, 3.63) is 46.8 Å². The maximum absolute atomic E-state index is 15.1. The van der Waals surface area contributed by atoms with Crippen LogP contribution < -0.4 is 0 Å². The molecule has 2 aliphatic rings. The van der Waals surface area contributed by atoms with Crippen LogP contribution >= 0.6 is 0 Å². The van der Waals surface area contributed by atoms with Crippen molar-refractivity contribution in [2.75, 3.05) is 0 Å². The van der Waals surface area contributed by atoms with Gasteiger partial charge in [0.25, 0.3) is 0 Å². The number of fused-ring (bicyclic) bond motifs is 2. The van der Waals surface area contributed by atoms with Crippen molar-refractivity contribution in [2.24, 2.45) is 17.8 Å². The van der Waals surface area contributed by atoms with Gasteiger partial charge >= 0.3 is 6.18 Å². The highest BCUT2D eigenvalue weighted by molar-refractivity contribution is 5.86. The Morgan fingerprint density at radius 3 is 2.26 bits per heavy atom. The molecule has 2 aromatic carbocycles. The third kappa shape index (κ3) is 5.41. The first-order chi connectivity index (χ1) is 16.2. The van der Waals surface area contributed by atoms with Crippen molar-refractivity contribution in [1.29, 1.82) is 0 Å². The second kappa shape index (κ2) is 10.5. The predicted octanol–water partition coefficient (Wildman–Crippen LogP) is 9.94. The standard InChI is InChI=1S/C28H34F6/c1-2-3-4-5-6-7-17-8-9-19-13-20(11-10-18(19)12-17)23-15-21-14-22(29)16-24(30)25(21)27(31)26(23)28(32,33)34/h14-20H,2-13H2,1H3/t17-,18?,19-,20?/m1/s1. The van der Waals surface area contributed by atoms with Crippen LogP contribution in [-0.4, -0.2) is 0 Å². The lowest BCUT2D eigenvalue weighted by Crippen LogP contribution is -2.31. The second-order valence-corrected chi connectivity index (χ2v) is 10.6. The molecule has 0 aromatic heterocycles. The fourth-order valence-electron chi connectivity index (χ4n) is 6.61. The molecule has 0 bridgehead atoms. The van der Waals surface area contributed by atoms with Crippen LogP contribution in [0, 0.1) is 35.2 Å². The molecule has 2 unspecified atom stereocenters. The molecule has 188 valence electrons. The summed E-state index contributed by atoms with van der Waals surface area (Å²) in [5.74, 6) is -2.75. The van der Waals surface area contributed by atoms with E-state index in [0.717, 1.165) is 31.7 Å². The molecule has 2 fully saturated rings. The summed E-state index contributed by atoms with van der Waals surface area (Å²) in [7, 11) is 0. The van der Waals surface area contributed by atoms with Gasteiger partial charge in [-0.05, 0) is 78.9 Å². The summed E-state index contributed by atoms with van der Waals surface area (Å²) in [6.45, 7) is 2.21. The molecule has 2 aromatic rings. The van der Waals surface area contributed by atoms with Gasteiger partial charge in [0.05, 0.1) is 10.9 Å². The molecule has 2 saturated carbocycles. The Kier molecular flexibility index (Phi) is 7.83. The number of hydrogen-bond acceptors (Lipinski definition) is 0. The average Bonchev–Trinajstić information content (AvgIpc) is 2.76. The highest BCUT2D eigenvalue weighted by Crippen LogP contribution is 2.51. The van der Waals surface area contributed by atoms with Crippen molar-refractivity contribution < 1.29 is 26.3 Å². The zero-order valence-electron chi connectivity index (χ0n) is 19.8. The smallest absolute Gasteiger partial charge is 0.207 e. The third-order valence-corrected chi connectivity index (χ3v) is 8.29. The van der Waals surface area contributed by atoms with E-state index in [9.17, 15) is 22.0 Å². The molecular formula is C28H34F6. The van der Waals surface area contributed by atoms with Gasteiger partial charge in [-0.15, -0.1) is 0 Å². The number of hydrogen-bond donors (Lipinski definition) is 0. The lowest BCUT2D eigenvalue weighted by molar-refractivity contribution is -0.140. The minimum absolute atomic E-state index is 0.140. The van der Waals surface area contributed by atoms with Crippen LogP contribution in [0.4, 0.5) is 26.3 Å². The molecule has 0 heterocycles. The molecule has 0 nitrogen and oxygen atoms in total. The molecular weight excluding hydrogens is 450 g/mol. The second-order valence-electron chi connectivity index (χ2n) is 10.6.